The van der Waals surface area contributed by atoms with Crippen LogP contribution in [0.3, 0.4) is 0 Å². The highest BCUT2D eigenvalue weighted by molar-refractivity contribution is 7.26. The van der Waals surface area contributed by atoms with Gasteiger partial charge in [-0.15, -0.1) is 11.3 Å². The van der Waals surface area contributed by atoms with Crippen molar-refractivity contribution >= 4 is 53.3 Å². The Bertz CT molecular complexity index is 3920. The van der Waals surface area contributed by atoms with Gasteiger partial charge in [0.25, 0.3) is 0 Å². The lowest BCUT2D eigenvalue weighted by molar-refractivity contribution is 1.07. The highest BCUT2D eigenvalue weighted by Gasteiger charge is 2.22. The van der Waals surface area contributed by atoms with Gasteiger partial charge in [-0.2, -0.15) is 0 Å². The smallest absolute Gasteiger partial charge is 0.164 e. The number of benzene rings is 10. The fourth-order valence-electron chi connectivity index (χ4n) is 9.84. The van der Waals surface area contributed by atoms with Gasteiger partial charge in [-0.3, -0.25) is 0 Å². The topological polar surface area (TPSA) is 43.6 Å². The standard InChI is InChI=1S/C63H40N4S/c1-6-18-41(19-7-1)47-34-35-50(42-20-8-2-9-21-42)54(38-47)43-30-32-44(33-31-43)55-39-48(63-65-61(45-22-10-3-11-23-45)64-62(66-63)46-24-12-4-13-25-46)40-57-58(55)53-37-36-52-51-28-16-17-29-56(51)67(59(52)60(53)68-57)49-26-14-5-15-27-49/h1-40H. The van der Waals surface area contributed by atoms with Crippen LogP contribution in [0.15, 0.2) is 243 Å². The maximum absolute atomic E-state index is 5.23. The number of thiophene rings is 1. The van der Waals surface area contributed by atoms with Crippen LogP contribution in [0, 0.1) is 0 Å². The fourth-order valence-corrected chi connectivity index (χ4v) is 11.1. The molecule has 0 amide bonds. The summed E-state index contributed by atoms with van der Waals surface area (Å²) >= 11 is 1.84. The second kappa shape index (κ2) is 16.6. The Hall–Kier alpha value is -8.77. The van der Waals surface area contributed by atoms with Crippen molar-refractivity contribution in [2.75, 3.05) is 0 Å². The van der Waals surface area contributed by atoms with Crippen LogP contribution in [-0.4, -0.2) is 19.5 Å². The molecule has 0 saturated carbocycles. The quantitative estimate of drug-likeness (QED) is 0.153. The van der Waals surface area contributed by atoms with E-state index in [0.29, 0.717) is 17.5 Å². The van der Waals surface area contributed by atoms with Crippen LogP contribution in [-0.2, 0) is 0 Å². The Morgan fingerprint density at radius 1 is 0.309 bits per heavy atom. The summed E-state index contributed by atoms with van der Waals surface area (Å²) in [6, 6.07) is 86.5. The summed E-state index contributed by atoms with van der Waals surface area (Å²) in [5, 5.41) is 4.90. The zero-order valence-corrected chi connectivity index (χ0v) is 37.6. The molecule has 3 heterocycles. The molecule has 0 radical (unpaired) electrons. The summed E-state index contributed by atoms with van der Waals surface area (Å²) in [6.45, 7) is 0. The van der Waals surface area contributed by atoms with E-state index >= 15 is 0 Å². The van der Waals surface area contributed by atoms with Crippen LogP contribution in [0.2, 0.25) is 0 Å². The molecule has 0 bridgehead atoms. The van der Waals surface area contributed by atoms with Gasteiger partial charge in [-0.1, -0.05) is 206 Å². The molecular weight excluding hydrogens is 845 g/mol. The lowest BCUT2D eigenvalue weighted by Crippen LogP contribution is -2.00. The molecule has 0 aliphatic rings. The molecule has 0 aliphatic heterocycles. The fraction of sp³-hybridized carbons (Fsp3) is 0. The molecule has 0 fully saturated rings. The van der Waals surface area contributed by atoms with Gasteiger partial charge in [0.1, 0.15) is 0 Å². The van der Waals surface area contributed by atoms with Gasteiger partial charge in [0.05, 0.1) is 15.7 Å². The first-order valence-corrected chi connectivity index (χ1v) is 23.7. The minimum absolute atomic E-state index is 0.628. The molecule has 10 aromatic carbocycles. The van der Waals surface area contributed by atoms with E-state index in [1.54, 1.807) is 0 Å². The third-order valence-electron chi connectivity index (χ3n) is 13.1. The third-order valence-corrected chi connectivity index (χ3v) is 14.2. The van der Waals surface area contributed by atoms with Gasteiger partial charge in [0, 0.05) is 48.6 Å². The van der Waals surface area contributed by atoms with E-state index in [-0.39, 0.29) is 0 Å². The van der Waals surface area contributed by atoms with Gasteiger partial charge in [-0.25, -0.2) is 15.0 Å². The number of nitrogens with zero attached hydrogens (tertiary/aromatic N) is 4. The zero-order valence-electron chi connectivity index (χ0n) is 36.8. The van der Waals surface area contributed by atoms with Crippen molar-refractivity contribution in [1.82, 2.24) is 19.5 Å². The van der Waals surface area contributed by atoms with E-state index < -0.39 is 0 Å². The Kier molecular flexibility index (Phi) is 9.66. The van der Waals surface area contributed by atoms with Crippen LogP contribution >= 0.6 is 11.3 Å². The number of aromatic nitrogens is 4. The first-order valence-electron chi connectivity index (χ1n) is 22.9. The highest BCUT2D eigenvalue weighted by Crippen LogP contribution is 2.48. The number of hydrogen-bond acceptors (Lipinski definition) is 4. The molecule has 13 rings (SSSR count). The molecule has 3 aromatic heterocycles. The molecule has 68 heavy (non-hydrogen) atoms. The highest BCUT2D eigenvalue weighted by atomic mass is 32.1. The average Bonchev–Trinajstić information content (AvgIpc) is 3.98. The van der Waals surface area contributed by atoms with Crippen molar-refractivity contribution in [3.05, 3.63) is 243 Å². The third kappa shape index (κ3) is 6.88. The number of rotatable bonds is 8. The Balaban J connectivity index is 1.06. The van der Waals surface area contributed by atoms with Crippen molar-refractivity contribution < 1.29 is 0 Å². The number of fused-ring (bicyclic) bond motifs is 7. The normalized spacial score (nSPS) is 11.5. The maximum Gasteiger partial charge on any atom is 0.164 e. The van der Waals surface area contributed by atoms with Crippen LogP contribution < -0.4 is 0 Å². The maximum atomic E-state index is 5.23. The average molecular weight is 885 g/mol. The van der Waals surface area contributed by atoms with E-state index in [9.17, 15) is 0 Å². The zero-order chi connectivity index (χ0) is 45.0. The van der Waals surface area contributed by atoms with Gasteiger partial charge >= 0.3 is 0 Å². The Morgan fingerprint density at radius 3 is 1.41 bits per heavy atom. The molecule has 0 aliphatic carbocycles. The molecular formula is C63H40N4S. The lowest BCUT2D eigenvalue weighted by atomic mass is 9.90. The minimum Gasteiger partial charge on any atom is -0.308 e. The Morgan fingerprint density at radius 2 is 0.779 bits per heavy atom. The molecule has 5 heteroatoms. The Labute approximate surface area is 397 Å². The first-order chi connectivity index (χ1) is 33.7. The van der Waals surface area contributed by atoms with Gasteiger partial charge in [0.15, 0.2) is 17.5 Å². The molecule has 13 aromatic rings. The molecule has 0 spiro atoms. The van der Waals surface area contributed by atoms with E-state index in [1.165, 1.54) is 69.8 Å². The molecule has 0 saturated heterocycles. The summed E-state index contributed by atoms with van der Waals surface area (Å²) < 4.78 is 4.85. The van der Waals surface area contributed by atoms with E-state index in [4.69, 9.17) is 15.0 Å². The van der Waals surface area contributed by atoms with E-state index in [1.807, 2.05) is 47.7 Å². The van der Waals surface area contributed by atoms with Crippen molar-refractivity contribution in [2.45, 2.75) is 0 Å². The second-order valence-electron chi connectivity index (χ2n) is 17.1. The van der Waals surface area contributed by atoms with E-state index in [0.717, 1.165) is 39.1 Å². The first kappa shape index (κ1) is 39.6. The van der Waals surface area contributed by atoms with Gasteiger partial charge in [0.2, 0.25) is 0 Å². The summed E-state index contributed by atoms with van der Waals surface area (Å²) in [6.07, 6.45) is 0. The monoisotopic (exact) mass is 884 g/mol. The summed E-state index contributed by atoms with van der Waals surface area (Å²) in [5.41, 5.74) is 15.7. The van der Waals surface area contributed by atoms with Gasteiger partial charge < -0.3 is 4.57 Å². The molecule has 0 atom stereocenters. The predicted octanol–water partition coefficient (Wildman–Crippen LogP) is 17.0. The van der Waals surface area contributed by atoms with Crippen molar-refractivity contribution in [3.63, 3.8) is 0 Å². The van der Waals surface area contributed by atoms with Crippen LogP contribution in [0.1, 0.15) is 0 Å². The summed E-state index contributed by atoms with van der Waals surface area (Å²) in [4.78, 5) is 15.5. The molecule has 0 N–H and O–H groups in total. The molecule has 0 unspecified atom stereocenters. The SMILES string of the molecule is c1ccc(-c2ccc(-c3ccccc3)c(-c3ccc(-c4cc(-c5nc(-c6ccccc6)nc(-c6ccccc6)n5)cc5sc6c(ccc7c8ccccc8n(-c8ccccc8)c76)c45)cc3)c2)cc1. The van der Waals surface area contributed by atoms with Crippen molar-refractivity contribution in [3.8, 4) is 84.4 Å². The van der Waals surface area contributed by atoms with Crippen molar-refractivity contribution in [2.24, 2.45) is 0 Å². The van der Waals surface area contributed by atoms with Crippen LogP contribution in [0.25, 0.3) is 126 Å². The molecule has 318 valence electrons. The second-order valence-corrected chi connectivity index (χ2v) is 18.2. The number of para-hydroxylation sites is 2. The number of hydrogen-bond donors (Lipinski definition) is 0. The van der Waals surface area contributed by atoms with E-state index in [2.05, 4.69) is 211 Å². The lowest BCUT2D eigenvalue weighted by Gasteiger charge is -2.15. The van der Waals surface area contributed by atoms with Gasteiger partial charge in [-0.05, 0) is 80.9 Å². The summed E-state index contributed by atoms with van der Waals surface area (Å²) in [7, 11) is 0. The van der Waals surface area contributed by atoms with Crippen LogP contribution in [0.5, 0.6) is 0 Å². The predicted molar refractivity (Wildman–Crippen MR) is 285 cm³/mol. The minimum atomic E-state index is 0.628. The largest absolute Gasteiger partial charge is 0.308 e. The van der Waals surface area contributed by atoms with Crippen LogP contribution in [0.4, 0.5) is 0 Å². The molecule has 4 nitrogen and oxygen atoms in total. The van der Waals surface area contributed by atoms with Crippen molar-refractivity contribution in [1.29, 1.82) is 0 Å². The summed E-state index contributed by atoms with van der Waals surface area (Å²) in [5.74, 6) is 1.90.